The van der Waals surface area contributed by atoms with Crippen LogP contribution in [0, 0.1) is 6.92 Å². The molecule has 0 bridgehead atoms. The van der Waals surface area contributed by atoms with Crippen LogP contribution in [0.15, 0.2) is 76.7 Å². The Morgan fingerprint density at radius 1 is 1.06 bits per heavy atom. The van der Waals surface area contributed by atoms with Crippen molar-refractivity contribution in [2.45, 2.75) is 31.0 Å². The maximum Gasteiger partial charge on any atom is 0.266 e. The fourth-order valence-corrected chi connectivity index (χ4v) is 4.83. The lowest BCUT2D eigenvalue weighted by molar-refractivity contribution is -0.113. The van der Waals surface area contributed by atoms with Crippen molar-refractivity contribution < 1.29 is 9.59 Å². The first-order valence-corrected chi connectivity index (χ1v) is 12.9. The minimum absolute atomic E-state index is 0.0109. The Balaban J connectivity index is 1.43. The Morgan fingerprint density at radius 3 is 2.61 bits per heavy atom. The fraction of sp³-hybridized carbons (Fsp3) is 0.185. The molecule has 1 saturated carbocycles. The zero-order valence-corrected chi connectivity index (χ0v) is 21.0. The summed E-state index contributed by atoms with van der Waals surface area (Å²) in [4.78, 5) is 43.7. The van der Waals surface area contributed by atoms with Gasteiger partial charge in [0.25, 0.3) is 11.5 Å². The Morgan fingerprint density at radius 2 is 1.81 bits per heavy atom. The number of hydrogen-bond acceptors (Lipinski definition) is 5. The third kappa shape index (κ3) is 5.01. The smallest absolute Gasteiger partial charge is 0.266 e. The molecule has 0 aliphatic heterocycles. The van der Waals surface area contributed by atoms with Gasteiger partial charge in [0.15, 0.2) is 5.16 Å². The van der Waals surface area contributed by atoms with Crippen molar-refractivity contribution in [3.8, 4) is 5.69 Å². The molecule has 0 saturated heterocycles. The standard InChI is InChI=1S/C27H23ClN4O3S/c1-16-20(28)9-6-12-23(16)32-26(35)19-8-3-5-11-22(19)31-27(32)36-15-24(33)30-21-10-4-2-7-18(21)25(34)29-17-13-14-17/h2-12,17H,13-15H2,1H3,(H,29,34)(H,30,33). The van der Waals surface area contributed by atoms with Crippen LogP contribution in [0.4, 0.5) is 5.69 Å². The average Bonchev–Trinajstić information content (AvgIpc) is 3.69. The summed E-state index contributed by atoms with van der Waals surface area (Å²) in [6.45, 7) is 1.84. The summed E-state index contributed by atoms with van der Waals surface area (Å²) in [5.74, 6) is -0.533. The topological polar surface area (TPSA) is 93.1 Å². The van der Waals surface area contributed by atoms with Gasteiger partial charge in [0.05, 0.1) is 33.6 Å². The molecule has 1 aliphatic carbocycles. The molecule has 182 valence electrons. The lowest BCUT2D eigenvalue weighted by Crippen LogP contribution is -2.27. The molecule has 1 aromatic heterocycles. The zero-order chi connectivity index (χ0) is 25.2. The van der Waals surface area contributed by atoms with Crippen LogP contribution in [0.3, 0.4) is 0 Å². The van der Waals surface area contributed by atoms with E-state index >= 15 is 0 Å². The molecule has 0 radical (unpaired) electrons. The molecule has 1 aliphatic rings. The van der Waals surface area contributed by atoms with Gasteiger partial charge in [-0.15, -0.1) is 0 Å². The van der Waals surface area contributed by atoms with Gasteiger partial charge in [-0.1, -0.05) is 53.7 Å². The molecule has 36 heavy (non-hydrogen) atoms. The molecule has 5 rings (SSSR count). The van der Waals surface area contributed by atoms with Crippen LogP contribution in [0.2, 0.25) is 5.02 Å². The number of anilines is 1. The van der Waals surface area contributed by atoms with E-state index in [0.717, 1.165) is 30.2 Å². The lowest BCUT2D eigenvalue weighted by Gasteiger charge is -2.16. The van der Waals surface area contributed by atoms with E-state index in [1.165, 1.54) is 4.57 Å². The molecule has 7 nitrogen and oxygen atoms in total. The molecule has 2 N–H and O–H groups in total. The number of benzene rings is 3. The highest BCUT2D eigenvalue weighted by Gasteiger charge is 2.25. The van der Waals surface area contributed by atoms with Crippen LogP contribution in [0.5, 0.6) is 0 Å². The molecule has 1 fully saturated rings. The highest BCUT2D eigenvalue weighted by atomic mass is 35.5. The van der Waals surface area contributed by atoms with E-state index in [-0.39, 0.29) is 29.2 Å². The molecule has 4 aromatic rings. The minimum Gasteiger partial charge on any atom is -0.349 e. The van der Waals surface area contributed by atoms with Crippen molar-refractivity contribution in [1.82, 2.24) is 14.9 Å². The number of para-hydroxylation sites is 2. The summed E-state index contributed by atoms with van der Waals surface area (Å²) in [7, 11) is 0. The summed E-state index contributed by atoms with van der Waals surface area (Å²) in [5, 5.41) is 7.15. The van der Waals surface area contributed by atoms with Gasteiger partial charge in [-0.05, 0) is 61.7 Å². The van der Waals surface area contributed by atoms with Crippen LogP contribution >= 0.6 is 23.4 Å². The zero-order valence-electron chi connectivity index (χ0n) is 19.5. The Bertz CT molecular complexity index is 1550. The van der Waals surface area contributed by atoms with Crippen molar-refractivity contribution in [3.05, 3.63) is 93.2 Å². The van der Waals surface area contributed by atoms with Gasteiger partial charge in [0.2, 0.25) is 5.91 Å². The van der Waals surface area contributed by atoms with E-state index in [1.807, 2.05) is 13.0 Å². The SMILES string of the molecule is Cc1c(Cl)cccc1-n1c(SCC(=O)Nc2ccccc2C(=O)NC2CC2)nc2ccccc2c1=O. The maximum atomic E-state index is 13.5. The van der Waals surface area contributed by atoms with Gasteiger partial charge in [0, 0.05) is 11.1 Å². The molecule has 0 spiro atoms. The number of halogens is 1. The number of amides is 2. The summed E-state index contributed by atoms with van der Waals surface area (Å²) in [6, 6.07) is 19.6. The van der Waals surface area contributed by atoms with E-state index in [1.54, 1.807) is 60.7 Å². The predicted octanol–water partition coefficient (Wildman–Crippen LogP) is 4.97. The number of carbonyl (C=O) groups is 2. The number of carbonyl (C=O) groups excluding carboxylic acids is 2. The second-order valence-electron chi connectivity index (χ2n) is 8.57. The highest BCUT2D eigenvalue weighted by Crippen LogP contribution is 2.27. The monoisotopic (exact) mass is 518 g/mol. The Labute approximate surface area is 216 Å². The summed E-state index contributed by atoms with van der Waals surface area (Å²) in [5.41, 5.74) is 2.50. The van der Waals surface area contributed by atoms with Gasteiger partial charge in [0.1, 0.15) is 0 Å². The number of rotatable bonds is 7. The number of nitrogens with one attached hydrogen (secondary N) is 2. The van der Waals surface area contributed by atoms with Gasteiger partial charge >= 0.3 is 0 Å². The first-order valence-electron chi connectivity index (χ1n) is 11.5. The quantitative estimate of drug-likeness (QED) is 0.266. The van der Waals surface area contributed by atoms with Crippen molar-refractivity contribution in [1.29, 1.82) is 0 Å². The van der Waals surface area contributed by atoms with Crippen LogP contribution in [-0.4, -0.2) is 33.2 Å². The third-order valence-corrected chi connectivity index (χ3v) is 7.26. The average molecular weight is 519 g/mol. The van der Waals surface area contributed by atoms with Crippen LogP contribution in [0.25, 0.3) is 16.6 Å². The molecular weight excluding hydrogens is 496 g/mol. The number of thioether (sulfide) groups is 1. The third-order valence-electron chi connectivity index (χ3n) is 5.92. The van der Waals surface area contributed by atoms with E-state index in [4.69, 9.17) is 11.6 Å². The lowest BCUT2D eigenvalue weighted by atomic mass is 10.1. The number of hydrogen-bond donors (Lipinski definition) is 2. The molecule has 0 unspecified atom stereocenters. The summed E-state index contributed by atoms with van der Waals surface area (Å²) < 4.78 is 1.50. The van der Waals surface area contributed by atoms with E-state index in [9.17, 15) is 14.4 Å². The van der Waals surface area contributed by atoms with Crippen molar-refractivity contribution >= 4 is 51.8 Å². The fourth-order valence-electron chi connectivity index (χ4n) is 3.86. The maximum absolute atomic E-state index is 13.5. The number of fused-ring (bicyclic) bond motifs is 1. The van der Waals surface area contributed by atoms with Gasteiger partial charge in [-0.2, -0.15) is 0 Å². The highest BCUT2D eigenvalue weighted by molar-refractivity contribution is 7.99. The summed E-state index contributed by atoms with van der Waals surface area (Å²) in [6.07, 6.45) is 1.95. The first-order chi connectivity index (χ1) is 17.4. The van der Waals surface area contributed by atoms with Crippen molar-refractivity contribution in [2.24, 2.45) is 0 Å². The second kappa shape index (κ2) is 10.2. The van der Waals surface area contributed by atoms with Crippen LogP contribution in [-0.2, 0) is 4.79 Å². The van der Waals surface area contributed by atoms with Gasteiger partial charge in [-0.3, -0.25) is 19.0 Å². The Hall–Kier alpha value is -3.62. The summed E-state index contributed by atoms with van der Waals surface area (Å²) >= 11 is 7.48. The normalized spacial score (nSPS) is 12.9. The molecule has 3 aromatic carbocycles. The van der Waals surface area contributed by atoms with Crippen LogP contribution < -0.4 is 16.2 Å². The number of aromatic nitrogens is 2. The van der Waals surface area contributed by atoms with Crippen molar-refractivity contribution in [3.63, 3.8) is 0 Å². The first kappa shape index (κ1) is 24.1. The van der Waals surface area contributed by atoms with E-state index in [2.05, 4.69) is 15.6 Å². The second-order valence-corrected chi connectivity index (χ2v) is 9.92. The Kier molecular flexibility index (Phi) is 6.80. The molecular formula is C27H23ClN4O3S. The molecule has 0 atom stereocenters. The van der Waals surface area contributed by atoms with Crippen molar-refractivity contribution in [2.75, 3.05) is 11.1 Å². The predicted molar refractivity (Wildman–Crippen MR) is 143 cm³/mol. The molecule has 2 amide bonds. The molecule has 9 heteroatoms. The van der Waals surface area contributed by atoms with Crippen LogP contribution in [0.1, 0.15) is 28.8 Å². The minimum atomic E-state index is -0.316. The largest absolute Gasteiger partial charge is 0.349 e. The molecule has 1 heterocycles. The van der Waals surface area contributed by atoms with E-state index < -0.39 is 0 Å². The van der Waals surface area contributed by atoms with Gasteiger partial charge in [-0.25, -0.2) is 4.98 Å². The van der Waals surface area contributed by atoms with E-state index in [0.29, 0.717) is 38.0 Å². The van der Waals surface area contributed by atoms with Gasteiger partial charge < -0.3 is 10.6 Å². The number of nitrogens with zero attached hydrogens (tertiary/aromatic N) is 2.